The smallest absolute Gasteiger partial charge is 0.354 e. The molecule has 1 fully saturated rings. The van der Waals surface area contributed by atoms with Crippen LogP contribution in [0.5, 0.6) is 5.88 Å². The van der Waals surface area contributed by atoms with Gasteiger partial charge in [-0.05, 0) is 12.8 Å². The molecule has 1 aromatic heterocycles. The molecule has 0 amide bonds. The van der Waals surface area contributed by atoms with Crippen LogP contribution in [-0.4, -0.2) is 27.0 Å². The predicted octanol–water partition coefficient (Wildman–Crippen LogP) is 0.659. The van der Waals surface area contributed by atoms with E-state index >= 15 is 0 Å². The Hall–Kier alpha value is -1.52. The van der Waals surface area contributed by atoms with Crippen molar-refractivity contribution < 1.29 is 14.6 Å². The van der Waals surface area contributed by atoms with E-state index < -0.39 is 5.97 Å². The van der Waals surface area contributed by atoms with Crippen LogP contribution in [0.1, 0.15) is 23.3 Å². The Balaban J connectivity index is 2.18. The first kappa shape index (κ1) is 8.10. The van der Waals surface area contributed by atoms with Gasteiger partial charge in [-0.25, -0.2) is 4.79 Å². The summed E-state index contributed by atoms with van der Waals surface area (Å²) in [6, 6.07) is 1.45. The molecule has 0 bridgehead atoms. The van der Waals surface area contributed by atoms with E-state index in [1.165, 1.54) is 10.7 Å². The Labute approximate surface area is 74.9 Å². The minimum Gasteiger partial charge on any atom is -0.477 e. The second kappa shape index (κ2) is 2.76. The lowest BCUT2D eigenvalue weighted by Gasteiger charge is -1.95. The van der Waals surface area contributed by atoms with Crippen LogP contribution < -0.4 is 4.74 Å². The molecule has 5 nitrogen and oxygen atoms in total. The molecule has 1 N–H and O–H groups in total. The molecule has 5 heteroatoms. The van der Waals surface area contributed by atoms with E-state index in [1.54, 1.807) is 7.05 Å². The highest BCUT2D eigenvalue weighted by molar-refractivity contribution is 5.85. The first-order valence-corrected chi connectivity index (χ1v) is 4.11. The summed E-state index contributed by atoms with van der Waals surface area (Å²) in [6.07, 6.45) is 2.33. The molecule has 0 atom stereocenters. The first-order chi connectivity index (χ1) is 6.16. The van der Waals surface area contributed by atoms with Crippen LogP contribution in [0.3, 0.4) is 0 Å². The van der Waals surface area contributed by atoms with E-state index in [0.717, 1.165) is 12.8 Å². The van der Waals surface area contributed by atoms with Crippen LogP contribution in [0.2, 0.25) is 0 Å². The maximum atomic E-state index is 10.6. The number of carbonyl (C=O) groups is 1. The largest absolute Gasteiger partial charge is 0.477 e. The summed E-state index contributed by atoms with van der Waals surface area (Å²) in [4.78, 5) is 10.6. The van der Waals surface area contributed by atoms with Crippen molar-refractivity contribution in [3.63, 3.8) is 0 Å². The molecule has 70 valence electrons. The highest BCUT2D eigenvalue weighted by atomic mass is 16.5. The van der Waals surface area contributed by atoms with Gasteiger partial charge in [-0.2, -0.15) is 0 Å². The summed E-state index contributed by atoms with van der Waals surface area (Å²) < 4.78 is 6.65. The minimum atomic E-state index is -0.986. The lowest BCUT2D eigenvalue weighted by Crippen LogP contribution is -2.04. The second-order valence-electron chi connectivity index (χ2n) is 3.11. The first-order valence-electron chi connectivity index (χ1n) is 4.11. The number of ether oxygens (including phenoxy) is 1. The van der Waals surface area contributed by atoms with Crippen LogP contribution in [-0.2, 0) is 7.05 Å². The van der Waals surface area contributed by atoms with Gasteiger partial charge in [-0.1, -0.05) is 0 Å². The van der Waals surface area contributed by atoms with E-state index in [-0.39, 0.29) is 11.8 Å². The lowest BCUT2D eigenvalue weighted by atomic mass is 10.4. The molecule has 0 aromatic carbocycles. The third-order valence-electron chi connectivity index (χ3n) is 1.89. The van der Waals surface area contributed by atoms with Crippen LogP contribution >= 0.6 is 0 Å². The van der Waals surface area contributed by atoms with Crippen molar-refractivity contribution in [2.45, 2.75) is 18.9 Å². The van der Waals surface area contributed by atoms with Crippen molar-refractivity contribution in [2.75, 3.05) is 0 Å². The third kappa shape index (κ3) is 1.63. The van der Waals surface area contributed by atoms with Crippen molar-refractivity contribution in [2.24, 2.45) is 7.05 Å². The average Bonchev–Trinajstić information content (AvgIpc) is 2.75. The van der Waals surface area contributed by atoms with Crippen molar-refractivity contribution in [1.29, 1.82) is 0 Å². The Kier molecular flexibility index (Phi) is 1.72. The quantitative estimate of drug-likeness (QED) is 0.745. The number of carboxylic acid groups (broad SMARTS) is 1. The van der Waals surface area contributed by atoms with E-state index in [4.69, 9.17) is 9.84 Å². The van der Waals surface area contributed by atoms with Gasteiger partial charge < -0.3 is 9.84 Å². The van der Waals surface area contributed by atoms with E-state index in [2.05, 4.69) is 5.10 Å². The normalized spacial score (nSPS) is 15.8. The second-order valence-corrected chi connectivity index (χ2v) is 3.11. The standard InChI is InChI=1S/C8H10N2O3/c1-10-6(8(11)12)4-7(9-10)13-5-2-3-5/h4-5H,2-3H2,1H3,(H,11,12). The van der Waals surface area contributed by atoms with Gasteiger partial charge in [0, 0.05) is 13.1 Å². The number of nitrogens with zero attached hydrogens (tertiary/aromatic N) is 2. The van der Waals surface area contributed by atoms with Gasteiger partial charge in [0.1, 0.15) is 11.8 Å². The number of aromatic nitrogens is 2. The number of hydrogen-bond acceptors (Lipinski definition) is 3. The van der Waals surface area contributed by atoms with Crippen LogP contribution in [0.25, 0.3) is 0 Å². The van der Waals surface area contributed by atoms with Gasteiger partial charge in [0.05, 0.1) is 0 Å². The fraction of sp³-hybridized carbons (Fsp3) is 0.500. The topological polar surface area (TPSA) is 64.4 Å². The lowest BCUT2D eigenvalue weighted by molar-refractivity contribution is 0.0685. The molecule has 1 aromatic rings. The Morgan fingerprint density at radius 2 is 2.46 bits per heavy atom. The maximum Gasteiger partial charge on any atom is 0.354 e. The van der Waals surface area contributed by atoms with E-state index in [1.807, 2.05) is 0 Å². The van der Waals surface area contributed by atoms with Gasteiger partial charge >= 0.3 is 5.97 Å². The number of rotatable bonds is 3. The van der Waals surface area contributed by atoms with Crippen molar-refractivity contribution in [3.05, 3.63) is 11.8 Å². The number of aryl methyl sites for hydroxylation is 1. The molecule has 0 spiro atoms. The number of carboxylic acids is 1. The molecule has 0 radical (unpaired) electrons. The highest BCUT2D eigenvalue weighted by Gasteiger charge is 2.25. The Bertz CT molecular complexity index is 341. The molecule has 1 aliphatic carbocycles. The van der Waals surface area contributed by atoms with Gasteiger partial charge in [-0.15, -0.1) is 5.10 Å². The molecule has 1 aliphatic rings. The van der Waals surface area contributed by atoms with Gasteiger partial charge in [0.2, 0.25) is 5.88 Å². The molecule has 1 saturated carbocycles. The number of aromatic carboxylic acids is 1. The zero-order chi connectivity index (χ0) is 9.42. The fourth-order valence-electron chi connectivity index (χ4n) is 1.06. The molecule has 1 heterocycles. The minimum absolute atomic E-state index is 0.149. The van der Waals surface area contributed by atoms with E-state index in [0.29, 0.717) is 5.88 Å². The van der Waals surface area contributed by atoms with Crippen molar-refractivity contribution in [1.82, 2.24) is 9.78 Å². The third-order valence-corrected chi connectivity index (χ3v) is 1.89. The fourth-order valence-corrected chi connectivity index (χ4v) is 1.06. The Morgan fingerprint density at radius 3 is 2.92 bits per heavy atom. The molecule has 0 aliphatic heterocycles. The molecule has 13 heavy (non-hydrogen) atoms. The monoisotopic (exact) mass is 182 g/mol. The molecule has 0 saturated heterocycles. The molecular weight excluding hydrogens is 172 g/mol. The molecule has 0 unspecified atom stereocenters. The van der Waals surface area contributed by atoms with Gasteiger partial charge in [0.25, 0.3) is 0 Å². The Morgan fingerprint density at radius 1 is 1.77 bits per heavy atom. The summed E-state index contributed by atoms with van der Waals surface area (Å²) in [5.41, 5.74) is 0.149. The van der Waals surface area contributed by atoms with E-state index in [9.17, 15) is 4.79 Å². The summed E-state index contributed by atoms with van der Waals surface area (Å²) in [6.45, 7) is 0. The van der Waals surface area contributed by atoms with Crippen LogP contribution in [0, 0.1) is 0 Å². The summed E-state index contributed by atoms with van der Waals surface area (Å²) in [7, 11) is 1.59. The summed E-state index contributed by atoms with van der Waals surface area (Å²) >= 11 is 0. The highest BCUT2D eigenvalue weighted by Crippen LogP contribution is 2.26. The van der Waals surface area contributed by atoms with Crippen molar-refractivity contribution in [3.8, 4) is 5.88 Å². The predicted molar refractivity (Wildman–Crippen MR) is 43.8 cm³/mol. The molecular formula is C8H10N2O3. The van der Waals surface area contributed by atoms with Crippen LogP contribution in [0.4, 0.5) is 0 Å². The number of hydrogen-bond donors (Lipinski definition) is 1. The van der Waals surface area contributed by atoms with Gasteiger partial charge in [0.15, 0.2) is 0 Å². The zero-order valence-electron chi connectivity index (χ0n) is 7.23. The summed E-state index contributed by atoms with van der Waals surface area (Å²) in [5.74, 6) is -0.581. The zero-order valence-corrected chi connectivity index (χ0v) is 7.23. The SMILES string of the molecule is Cn1nc(OC2CC2)cc1C(=O)O. The maximum absolute atomic E-state index is 10.6. The van der Waals surface area contributed by atoms with Crippen LogP contribution in [0.15, 0.2) is 6.07 Å². The van der Waals surface area contributed by atoms with Crippen molar-refractivity contribution >= 4 is 5.97 Å². The van der Waals surface area contributed by atoms with Gasteiger partial charge in [-0.3, -0.25) is 4.68 Å². The average molecular weight is 182 g/mol. The molecule has 2 rings (SSSR count). The summed E-state index contributed by atoms with van der Waals surface area (Å²) in [5, 5.41) is 12.6.